The first-order valence-electron chi connectivity index (χ1n) is 10.2. The van der Waals surface area contributed by atoms with Crippen LogP contribution in [0, 0.1) is 20.8 Å². The molecule has 8 heteroatoms. The highest BCUT2D eigenvalue weighted by Crippen LogP contribution is 2.22. The molecule has 0 bridgehead atoms. The molecule has 166 valence electrons. The van der Waals surface area contributed by atoms with E-state index in [0.29, 0.717) is 11.4 Å². The van der Waals surface area contributed by atoms with Crippen LogP contribution in [0.2, 0.25) is 0 Å². The fraction of sp³-hybridized carbons (Fsp3) is 0.250. The number of para-hydroxylation sites is 1. The maximum Gasteiger partial charge on any atom is 0.362 e. The highest BCUT2D eigenvalue weighted by Gasteiger charge is 2.21. The van der Waals surface area contributed by atoms with Crippen LogP contribution in [0.25, 0.3) is 5.69 Å². The SMILES string of the molecule is CCOC(=O)c1nn(-c2ccccc2)c(=O)cc1OCC(=O)Nc1c(C)cc(C)cc1C. The van der Waals surface area contributed by atoms with Crippen molar-refractivity contribution in [1.82, 2.24) is 9.78 Å². The van der Waals surface area contributed by atoms with Crippen molar-refractivity contribution in [3.8, 4) is 11.4 Å². The lowest BCUT2D eigenvalue weighted by molar-refractivity contribution is -0.118. The minimum Gasteiger partial charge on any atom is -0.481 e. The van der Waals surface area contributed by atoms with Gasteiger partial charge >= 0.3 is 5.97 Å². The molecule has 0 radical (unpaired) electrons. The van der Waals surface area contributed by atoms with E-state index in [9.17, 15) is 14.4 Å². The Hall–Kier alpha value is -3.94. The van der Waals surface area contributed by atoms with E-state index in [4.69, 9.17) is 9.47 Å². The Bertz CT molecular complexity index is 1180. The summed E-state index contributed by atoms with van der Waals surface area (Å²) in [5.41, 5.74) is 3.43. The molecule has 2 aromatic carbocycles. The highest BCUT2D eigenvalue weighted by atomic mass is 16.5. The third-order valence-electron chi connectivity index (χ3n) is 4.67. The Morgan fingerprint density at radius 2 is 1.69 bits per heavy atom. The smallest absolute Gasteiger partial charge is 0.362 e. The molecule has 0 aliphatic carbocycles. The Morgan fingerprint density at radius 3 is 2.31 bits per heavy atom. The van der Waals surface area contributed by atoms with Gasteiger partial charge < -0.3 is 14.8 Å². The molecule has 1 aromatic heterocycles. The molecule has 0 saturated carbocycles. The van der Waals surface area contributed by atoms with E-state index in [2.05, 4.69) is 10.4 Å². The number of anilines is 1. The molecule has 8 nitrogen and oxygen atoms in total. The molecule has 1 N–H and O–H groups in total. The predicted molar refractivity (Wildman–Crippen MR) is 121 cm³/mol. The van der Waals surface area contributed by atoms with Crippen molar-refractivity contribution >= 4 is 17.6 Å². The Morgan fingerprint density at radius 1 is 1.03 bits per heavy atom. The van der Waals surface area contributed by atoms with Crippen LogP contribution in [-0.2, 0) is 9.53 Å². The summed E-state index contributed by atoms with van der Waals surface area (Å²) in [4.78, 5) is 37.5. The van der Waals surface area contributed by atoms with Crippen molar-refractivity contribution in [2.24, 2.45) is 0 Å². The largest absolute Gasteiger partial charge is 0.481 e. The molecule has 1 amide bonds. The zero-order chi connectivity index (χ0) is 23.3. The fourth-order valence-corrected chi connectivity index (χ4v) is 3.34. The van der Waals surface area contributed by atoms with E-state index in [1.165, 1.54) is 0 Å². The van der Waals surface area contributed by atoms with Crippen LogP contribution >= 0.6 is 0 Å². The molecule has 0 unspecified atom stereocenters. The van der Waals surface area contributed by atoms with Crippen LogP contribution in [-0.4, -0.2) is 34.9 Å². The summed E-state index contributed by atoms with van der Waals surface area (Å²) in [6.07, 6.45) is 0. The number of nitrogens with zero attached hydrogens (tertiary/aromatic N) is 2. The number of carbonyl (C=O) groups is 2. The maximum absolute atomic E-state index is 12.6. The van der Waals surface area contributed by atoms with Crippen molar-refractivity contribution in [2.75, 3.05) is 18.5 Å². The summed E-state index contributed by atoms with van der Waals surface area (Å²) in [5, 5.41) is 6.95. The summed E-state index contributed by atoms with van der Waals surface area (Å²) in [6.45, 7) is 7.17. The van der Waals surface area contributed by atoms with Crippen LogP contribution < -0.4 is 15.6 Å². The molecule has 32 heavy (non-hydrogen) atoms. The van der Waals surface area contributed by atoms with Gasteiger partial charge in [-0.3, -0.25) is 9.59 Å². The molecular formula is C24H25N3O5. The monoisotopic (exact) mass is 435 g/mol. The zero-order valence-electron chi connectivity index (χ0n) is 18.5. The number of benzene rings is 2. The van der Waals surface area contributed by atoms with Crippen LogP contribution in [0.4, 0.5) is 5.69 Å². The maximum atomic E-state index is 12.6. The third kappa shape index (κ3) is 5.21. The number of amides is 1. The number of ether oxygens (including phenoxy) is 2. The fourth-order valence-electron chi connectivity index (χ4n) is 3.34. The van der Waals surface area contributed by atoms with Crippen molar-refractivity contribution < 1.29 is 19.1 Å². The first kappa shape index (κ1) is 22.7. The van der Waals surface area contributed by atoms with Gasteiger partial charge in [0.2, 0.25) is 5.69 Å². The molecule has 3 rings (SSSR count). The van der Waals surface area contributed by atoms with Crippen LogP contribution in [0.3, 0.4) is 0 Å². The lowest BCUT2D eigenvalue weighted by atomic mass is 10.1. The first-order valence-corrected chi connectivity index (χ1v) is 10.2. The van der Waals surface area contributed by atoms with Gasteiger partial charge in [0.25, 0.3) is 11.5 Å². The number of hydrogen-bond acceptors (Lipinski definition) is 6. The average molecular weight is 435 g/mol. The molecule has 3 aromatic rings. The van der Waals surface area contributed by atoms with Gasteiger partial charge in [-0.1, -0.05) is 35.9 Å². The number of aryl methyl sites for hydroxylation is 3. The van der Waals surface area contributed by atoms with Crippen LogP contribution in [0.1, 0.15) is 34.1 Å². The van der Waals surface area contributed by atoms with Gasteiger partial charge in [0.15, 0.2) is 12.4 Å². The number of carbonyl (C=O) groups excluding carboxylic acids is 2. The number of aromatic nitrogens is 2. The lowest BCUT2D eigenvalue weighted by Crippen LogP contribution is -2.27. The molecule has 0 saturated heterocycles. The van der Waals surface area contributed by atoms with Gasteiger partial charge in [-0.2, -0.15) is 9.78 Å². The summed E-state index contributed by atoms with van der Waals surface area (Å²) < 4.78 is 11.7. The highest BCUT2D eigenvalue weighted by molar-refractivity contribution is 5.94. The minimum atomic E-state index is -0.752. The second kappa shape index (κ2) is 9.91. The number of hydrogen-bond donors (Lipinski definition) is 1. The third-order valence-corrected chi connectivity index (χ3v) is 4.67. The van der Waals surface area contributed by atoms with E-state index in [0.717, 1.165) is 27.4 Å². The summed E-state index contributed by atoms with van der Waals surface area (Å²) in [7, 11) is 0. The number of rotatable bonds is 7. The van der Waals surface area contributed by atoms with E-state index in [-0.39, 0.29) is 18.1 Å². The molecule has 1 heterocycles. The molecular weight excluding hydrogens is 410 g/mol. The van der Waals surface area contributed by atoms with Crippen molar-refractivity contribution in [1.29, 1.82) is 0 Å². The Kier molecular flexibility index (Phi) is 7.04. The molecule has 0 atom stereocenters. The standard InChI is InChI=1S/C24H25N3O5/c1-5-31-24(30)23-19(13-21(29)27(26-23)18-9-7-6-8-10-18)32-14-20(28)25-22-16(3)11-15(2)12-17(22)4/h6-13H,5,14H2,1-4H3,(H,25,28). The zero-order valence-corrected chi connectivity index (χ0v) is 18.5. The van der Waals surface area contributed by atoms with Gasteiger partial charge in [0, 0.05) is 5.69 Å². The van der Waals surface area contributed by atoms with Gasteiger partial charge in [0.1, 0.15) is 0 Å². The van der Waals surface area contributed by atoms with Gasteiger partial charge in [-0.05, 0) is 51.0 Å². The minimum absolute atomic E-state index is 0.117. The number of esters is 1. The van der Waals surface area contributed by atoms with Gasteiger partial charge in [0.05, 0.1) is 18.4 Å². The van der Waals surface area contributed by atoms with Gasteiger partial charge in [-0.15, -0.1) is 0 Å². The van der Waals surface area contributed by atoms with Crippen molar-refractivity contribution in [2.45, 2.75) is 27.7 Å². The topological polar surface area (TPSA) is 99.5 Å². The second-order valence-corrected chi connectivity index (χ2v) is 7.27. The molecule has 0 fully saturated rings. The lowest BCUT2D eigenvalue weighted by Gasteiger charge is -2.14. The summed E-state index contributed by atoms with van der Waals surface area (Å²) in [5.74, 6) is -1.30. The van der Waals surface area contributed by atoms with Crippen molar-refractivity contribution in [3.05, 3.63) is 81.3 Å². The van der Waals surface area contributed by atoms with E-state index in [1.807, 2.05) is 32.9 Å². The normalized spacial score (nSPS) is 10.5. The summed E-state index contributed by atoms with van der Waals surface area (Å²) >= 11 is 0. The molecule has 0 aliphatic rings. The first-order chi connectivity index (χ1) is 15.3. The average Bonchev–Trinajstić information content (AvgIpc) is 2.75. The van der Waals surface area contributed by atoms with Crippen molar-refractivity contribution in [3.63, 3.8) is 0 Å². The predicted octanol–water partition coefficient (Wildman–Crippen LogP) is 3.35. The van der Waals surface area contributed by atoms with Crippen LogP contribution in [0.5, 0.6) is 5.75 Å². The van der Waals surface area contributed by atoms with E-state index >= 15 is 0 Å². The Labute approximate surface area is 185 Å². The molecule has 0 spiro atoms. The molecule has 0 aliphatic heterocycles. The number of nitrogens with one attached hydrogen (secondary N) is 1. The van der Waals surface area contributed by atoms with E-state index < -0.39 is 24.0 Å². The van der Waals surface area contributed by atoms with E-state index in [1.54, 1.807) is 37.3 Å². The Balaban J connectivity index is 1.85. The quantitative estimate of drug-likeness (QED) is 0.572. The van der Waals surface area contributed by atoms with Crippen LogP contribution in [0.15, 0.2) is 53.3 Å². The second-order valence-electron chi connectivity index (χ2n) is 7.27. The van der Waals surface area contributed by atoms with Gasteiger partial charge in [-0.25, -0.2) is 4.79 Å². The summed E-state index contributed by atoms with van der Waals surface area (Å²) in [6, 6.07) is 13.7.